The van der Waals surface area contributed by atoms with E-state index in [1.165, 1.54) is 12.1 Å². The molecule has 3 heterocycles. The van der Waals surface area contributed by atoms with Gasteiger partial charge in [-0.25, -0.2) is 4.39 Å². The summed E-state index contributed by atoms with van der Waals surface area (Å²) < 4.78 is 19.8. The molecule has 36 heavy (non-hydrogen) atoms. The van der Waals surface area contributed by atoms with Crippen LogP contribution in [0.2, 0.25) is 0 Å². The van der Waals surface area contributed by atoms with Gasteiger partial charge in [-0.15, -0.1) is 0 Å². The molecule has 0 aromatic heterocycles. The van der Waals surface area contributed by atoms with E-state index < -0.39 is 34.6 Å². The SMILES string of the molecule is CCC(C)(C)N1C(=O)C2C(C(=O)NCc3ccc(F)cc3)C3(C)C=CC2(O3)C1C(=O)NC1CCCC1. The third kappa shape index (κ3) is 3.76. The van der Waals surface area contributed by atoms with Crippen LogP contribution >= 0.6 is 0 Å². The van der Waals surface area contributed by atoms with Crippen LogP contribution in [0.4, 0.5) is 4.39 Å². The number of nitrogens with one attached hydrogen (secondary N) is 2. The third-order valence-electron chi connectivity index (χ3n) is 8.83. The van der Waals surface area contributed by atoms with Crippen molar-refractivity contribution in [3.05, 3.63) is 47.8 Å². The van der Waals surface area contributed by atoms with E-state index in [1.807, 2.05) is 39.8 Å². The van der Waals surface area contributed by atoms with Gasteiger partial charge in [-0.1, -0.05) is 44.1 Å². The van der Waals surface area contributed by atoms with Crippen LogP contribution in [-0.2, 0) is 25.7 Å². The quantitative estimate of drug-likeness (QED) is 0.567. The van der Waals surface area contributed by atoms with Crippen molar-refractivity contribution in [2.75, 3.05) is 0 Å². The Kier molecular flexibility index (Phi) is 6.01. The maximum Gasteiger partial charge on any atom is 0.246 e. The number of ether oxygens (including phenoxy) is 1. The number of carbonyl (C=O) groups is 3. The van der Waals surface area contributed by atoms with Crippen molar-refractivity contribution in [2.45, 2.75) is 95.2 Å². The predicted octanol–water partition coefficient (Wildman–Crippen LogP) is 3.23. The summed E-state index contributed by atoms with van der Waals surface area (Å²) in [5.74, 6) is -2.66. The predicted molar refractivity (Wildman–Crippen MR) is 132 cm³/mol. The standard InChI is InChI=1S/C28H36FN3O4/c1-5-26(2,3)32-22(24(34)31-19-8-6-7-9-19)28-15-14-27(4,36-28)20(21(28)25(32)35)23(33)30-16-17-10-12-18(29)13-11-17/h10-15,19-22H,5-9,16H2,1-4H3,(H,30,33)(H,31,34). The Morgan fingerprint density at radius 2 is 1.81 bits per heavy atom. The Labute approximate surface area is 211 Å². The number of rotatable bonds is 7. The highest BCUT2D eigenvalue weighted by Gasteiger charge is 2.77. The van der Waals surface area contributed by atoms with Crippen LogP contribution in [0, 0.1) is 17.7 Å². The van der Waals surface area contributed by atoms with E-state index in [2.05, 4.69) is 10.6 Å². The lowest BCUT2D eigenvalue weighted by molar-refractivity contribution is -0.151. The van der Waals surface area contributed by atoms with Gasteiger partial charge in [-0.3, -0.25) is 14.4 Å². The summed E-state index contributed by atoms with van der Waals surface area (Å²) in [4.78, 5) is 43.2. The first kappa shape index (κ1) is 24.9. The van der Waals surface area contributed by atoms with E-state index >= 15 is 0 Å². The van der Waals surface area contributed by atoms with Gasteiger partial charge in [-0.2, -0.15) is 0 Å². The van der Waals surface area contributed by atoms with Crippen molar-refractivity contribution in [1.82, 2.24) is 15.5 Å². The molecular formula is C28H36FN3O4. The molecule has 1 spiro atoms. The average Bonchev–Trinajstić information content (AvgIpc) is 3.58. The molecule has 1 aliphatic carbocycles. The minimum absolute atomic E-state index is 0.0996. The number of likely N-dealkylation sites (tertiary alicyclic amines) is 1. The molecule has 5 unspecified atom stereocenters. The topological polar surface area (TPSA) is 87.7 Å². The molecule has 194 valence electrons. The van der Waals surface area contributed by atoms with Gasteiger partial charge in [0.25, 0.3) is 0 Å². The normalized spacial score (nSPS) is 33.3. The molecule has 5 atom stereocenters. The Balaban J connectivity index is 1.47. The van der Waals surface area contributed by atoms with Crippen molar-refractivity contribution < 1.29 is 23.5 Å². The first-order valence-electron chi connectivity index (χ1n) is 13.1. The fourth-order valence-corrected chi connectivity index (χ4v) is 6.61. The van der Waals surface area contributed by atoms with Crippen molar-refractivity contribution >= 4 is 17.7 Å². The lowest BCUT2D eigenvalue weighted by Gasteiger charge is -2.42. The number of benzene rings is 1. The Hall–Kier alpha value is -2.74. The number of nitrogens with zero attached hydrogens (tertiary/aromatic N) is 1. The summed E-state index contributed by atoms with van der Waals surface area (Å²) >= 11 is 0. The van der Waals surface area contributed by atoms with E-state index in [0.717, 1.165) is 31.2 Å². The highest BCUT2D eigenvalue weighted by molar-refractivity contribution is 6.00. The van der Waals surface area contributed by atoms with Crippen molar-refractivity contribution in [1.29, 1.82) is 0 Å². The van der Waals surface area contributed by atoms with Gasteiger partial charge in [0.05, 0.1) is 17.4 Å². The van der Waals surface area contributed by atoms with Gasteiger partial charge in [0, 0.05) is 18.1 Å². The number of hydrogen-bond acceptors (Lipinski definition) is 4. The van der Waals surface area contributed by atoms with Gasteiger partial charge in [0.1, 0.15) is 17.5 Å². The Morgan fingerprint density at radius 3 is 2.44 bits per heavy atom. The van der Waals surface area contributed by atoms with Gasteiger partial charge in [0.15, 0.2) is 0 Å². The first-order valence-corrected chi connectivity index (χ1v) is 13.1. The molecule has 3 amide bonds. The fraction of sp³-hybridized carbons (Fsp3) is 0.607. The van der Waals surface area contributed by atoms with Crippen LogP contribution in [-0.4, -0.2) is 51.4 Å². The minimum atomic E-state index is -1.20. The molecule has 1 aromatic carbocycles. The Bertz CT molecular complexity index is 1100. The lowest BCUT2D eigenvalue weighted by atomic mass is 9.70. The van der Waals surface area contributed by atoms with Gasteiger partial charge in [-0.05, 0) is 57.7 Å². The molecule has 2 N–H and O–H groups in total. The van der Waals surface area contributed by atoms with Crippen LogP contribution in [0.3, 0.4) is 0 Å². The average molecular weight is 498 g/mol. The molecule has 8 heteroatoms. The van der Waals surface area contributed by atoms with E-state index in [1.54, 1.807) is 17.0 Å². The molecule has 2 bridgehead atoms. The zero-order chi connectivity index (χ0) is 25.9. The second-order valence-corrected chi connectivity index (χ2v) is 11.5. The zero-order valence-electron chi connectivity index (χ0n) is 21.5. The van der Waals surface area contributed by atoms with Gasteiger partial charge >= 0.3 is 0 Å². The van der Waals surface area contributed by atoms with E-state index in [0.29, 0.717) is 6.42 Å². The lowest BCUT2D eigenvalue weighted by Crippen LogP contribution is -2.60. The van der Waals surface area contributed by atoms with Crippen LogP contribution < -0.4 is 10.6 Å². The summed E-state index contributed by atoms with van der Waals surface area (Å²) in [6.45, 7) is 7.93. The van der Waals surface area contributed by atoms with Crippen LogP contribution in [0.5, 0.6) is 0 Å². The highest BCUT2D eigenvalue weighted by Crippen LogP contribution is 2.60. The number of carbonyl (C=O) groups excluding carboxylic acids is 3. The highest BCUT2D eigenvalue weighted by atomic mass is 19.1. The summed E-state index contributed by atoms with van der Waals surface area (Å²) in [6.07, 6.45) is 8.37. The molecular weight excluding hydrogens is 461 g/mol. The van der Waals surface area contributed by atoms with E-state index in [9.17, 15) is 18.8 Å². The Morgan fingerprint density at radius 1 is 1.14 bits per heavy atom. The largest absolute Gasteiger partial charge is 0.356 e. The second kappa shape index (κ2) is 8.68. The molecule has 3 aliphatic heterocycles. The summed E-state index contributed by atoms with van der Waals surface area (Å²) in [6, 6.07) is 5.18. The van der Waals surface area contributed by atoms with Crippen LogP contribution in [0.1, 0.15) is 65.4 Å². The van der Waals surface area contributed by atoms with Crippen LogP contribution in [0.25, 0.3) is 0 Å². The summed E-state index contributed by atoms with van der Waals surface area (Å²) in [7, 11) is 0. The molecule has 2 saturated heterocycles. The number of halogens is 1. The summed E-state index contributed by atoms with van der Waals surface area (Å²) in [5, 5.41) is 6.11. The fourth-order valence-electron chi connectivity index (χ4n) is 6.61. The third-order valence-corrected chi connectivity index (χ3v) is 8.83. The van der Waals surface area contributed by atoms with Gasteiger partial charge in [0.2, 0.25) is 17.7 Å². The van der Waals surface area contributed by atoms with E-state index in [-0.39, 0.29) is 36.1 Å². The number of amides is 3. The van der Waals surface area contributed by atoms with Crippen molar-refractivity contribution in [3.8, 4) is 0 Å². The van der Waals surface area contributed by atoms with Crippen molar-refractivity contribution in [2.24, 2.45) is 11.8 Å². The molecule has 7 nitrogen and oxygen atoms in total. The number of fused-ring (bicyclic) bond motifs is 1. The second-order valence-electron chi connectivity index (χ2n) is 11.5. The monoisotopic (exact) mass is 497 g/mol. The number of hydrogen-bond donors (Lipinski definition) is 2. The molecule has 0 radical (unpaired) electrons. The molecule has 3 fully saturated rings. The molecule has 5 rings (SSSR count). The minimum Gasteiger partial charge on any atom is -0.356 e. The maximum absolute atomic E-state index is 14.1. The van der Waals surface area contributed by atoms with E-state index in [4.69, 9.17) is 4.74 Å². The smallest absolute Gasteiger partial charge is 0.246 e. The van der Waals surface area contributed by atoms with Gasteiger partial charge < -0.3 is 20.3 Å². The maximum atomic E-state index is 14.1. The zero-order valence-corrected chi connectivity index (χ0v) is 21.5. The first-order chi connectivity index (χ1) is 17.0. The molecule has 1 aromatic rings. The van der Waals surface area contributed by atoms with Crippen molar-refractivity contribution in [3.63, 3.8) is 0 Å². The molecule has 1 saturated carbocycles. The van der Waals surface area contributed by atoms with Crippen LogP contribution in [0.15, 0.2) is 36.4 Å². The molecule has 4 aliphatic rings. The summed E-state index contributed by atoms with van der Waals surface area (Å²) in [5.41, 5.74) is -2.04.